The van der Waals surface area contributed by atoms with Gasteiger partial charge in [0.2, 0.25) is 5.91 Å². The molecule has 1 aliphatic heterocycles. The maximum Gasteiger partial charge on any atom is 0.343 e. The number of carbonyl (C=O) groups is 2. The molecule has 5 rings (SSSR count). The number of rotatable bonds is 8. The molecule has 1 heterocycles. The Balaban J connectivity index is 1.16. The van der Waals surface area contributed by atoms with Gasteiger partial charge in [0.1, 0.15) is 5.75 Å². The van der Waals surface area contributed by atoms with Crippen molar-refractivity contribution in [3.63, 3.8) is 0 Å². The lowest BCUT2D eigenvalue weighted by atomic mass is 9.73. The van der Waals surface area contributed by atoms with E-state index in [9.17, 15) is 9.59 Å². The highest BCUT2D eigenvalue weighted by Gasteiger charge is 2.42. The molecule has 0 bridgehead atoms. The van der Waals surface area contributed by atoms with Crippen LogP contribution in [0.15, 0.2) is 84.9 Å². The normalized spacial score (nSPS) is 21.9. The molecule has 0 spiro atoms. The summed E-state index contributed by atoms with van der Waals surface area (Å²) in [6.07, 6.45) is 8.89. The molecule has 3 aromatic rings. The zero-order chi connectivity index (χ0) is 26.2. The Labute approximate surface area is 226 Å². The molecule has 5 nitrogen and oxygen atoms in total. The van der Waals surface area contributed by atoms with E-state index in [-0.39, 0.29) is 23.5 Å². The SMILES string of the molecule is O=C(CCc1ccccc1OC(=O)c1ccccc1)NC1CCC(c2ccccc2)(N2CCCCC2)CC1. The summed E-state index contributed by atoms with van der Waals surface area (Å²) in [6.45, 7) is 2.33. The number of likely N-dealkylation sites (tertiary alicyclic amines) is 1. The largest absolute Gasteiger partial charge is 0.423 e. The van der Waals surface area contributed by atoms with Crippen LogP contribution in [0.3, 0.4) is 0 Å². The zero-order valence-electron chi connectivity index (χ0n) is 22.1. The van der Waals surface area contributed by atoms with Crippen LogP contribution >= 0.6 is 0 Å². The summed E-state index contributed by atoms with van der Waals surface area (Å²) in [5, 5.41) is 3.30. The van der Waals surface area contributed by atoms with Crippen molar-refractivity contribution in [1.82, 2.24) is 10.2 Å². The second-order valence-corrected chi connectivity index (χ2v) is 10.7. The van der Waals surface area contributed by atoms with Crippen molar-refractivity contribution in [1.29, 1.82) is 0 Å². The summed E-state index contributed by atoms with van der Waals surface area (Å²) in [5.74, 6) is 0.186. The number of amides is 1. The fourth-order valence-corrected chi connectivity index (χ4v) is 6.19. The lowest BCUT2D eigenvalue weighted by Gasteiger charge is -2.50. The molecule has 0 radical (unpaired) electrons. The highest BCUT2D eigenvalue weighted by molar-refractivity contribution is 5.91. The van der Waals surface area contributed by atoms with Crippen molar-refractivity contribution in [2.45, 2.75) is 69.4 Å². The summed E-state index contributed by atoms with van der Waals surface area (Å²) >= 11 is 0. The third-order valence-corrected chi connectivity index (χ3v) is 8.26. The summed E-state index contributed by atoms with van der Waals surface area (Å²) < 4.78 is 5.66. The number of nitrogens with one attached hydrogen (secondary N) is 1. The average molecular weight is 511 g/mol. The molecule has 1 saturated heterocycles. The second kappa shape index (κ2) is 12.4. The second-order valence-electron chi connectivity index (χ2n) is 10.7. The molecule has 1 saturated carbocycles. The van der Waals surface area contributed by atoms with Gasteiger partial charge in [-0.05, 0) is 87.4 Å². The lowest BCUT2D eigenvalue weighted by Crippen LogP contribution is -2.53. The molecule has 38 heavy (non-hydrogen) atoms. The van der Waals surface area contributed by atoms with E-state index in [1.165, 1.54) is 37.9 Å². The maximum absolute atomic E-state index is 12.9. The summed E-state index contributed by atoms with van der Waals surface area (Å²) in [6, 6.07) is 27.6. The van der Waals surface area contributed by atoms with Crippen molar-refractivity contribution < 1.29 is 14.3 Å². The molecule has 3 aromatic carbocycles. The number of carbonyl (C=O) groups excluding carboxylic acids is 2. The van der Waals surface area contributed by atoms with Gasteiger partial charge < -0.3 is 10.1 Å². The summed E-state index contributed by atoms with van der Waals surface area (Å²) in [4.78, 5) is 28.2. The molecule has 0 atom stereocenters. The maximum atomic E-state index is 12.9. The highest BCUT2D eigenvalue weighted by atomic mass is 16.5. The quantitative estimate of drug-likeness (QED) is 0.286. The van der Waals surface area contributed by atoms with Crippen LogP contribution in [0.5, 0.6) is 5.75 Å². The van der Waals surface area contributed by atoms with Gasteiger partial charge in [-0.15, -0.1) is 0 Å². The average Bonchev–Trinajstić information content (AvgIpc) is 2.98. The number of aryl methyl sites for hydroxylation is 1. The fraction of sp³-hybridized carbons (Fsp3) is 0.394. The first-order chi connectivity index (χ1) is 18.6. The smallest absolute Gasteiger partial charge is 0.343 e. The summed E-state index contributed by atoms with van der Waals surface area (Å²) in [7, 11) is 0. The molecular weight excluding hydrogens is 472 g/mol. The number of nitrogens with zero attached hydrogens (tertiary/aromatic N) is 1. The summed E-state index contributed by atoms with van der Waals surface area (Å²) in [5.41, 5.74) is 2.88. The Morgan fingerprint density at radius 1 is 0.816 bits per heavy atom. The van der Waals surface area contributed by atoms with Crippen molar-refractivity contribution in [3.8, 4) is 5.75 Å². The number of esters is 1. The van der Waals surface area contributed by atoms with Crippen molar-refractivity contribution >= 4 is 11.9 Å². The fourth-order valence-electron chi connectivity index (χ4n) is 6.19. The van der Waals surface area contributed by atoms with Crippen molar-refractivity contribution in [3.05, 3.63) is 102 Å². The predicted molar refractivity (Wildman–Crippen MR) is 150 cm³/mol. The Kier molecular flexibility index (Phi) is 8.54. The highest BCUT2D eigenvalue weighted by Crippen LogP contribution is 2.43. The number of piperidine rings is 1. The van der Waals surface area contributed by atoms with Crippen LogP contribution in [0.1, 0.15) is 72.9 Å². The standard InChI is InChI=1S/C33H38N2O3/c36-31(19-18-26-12-8-9-17-30(26)38-32(37)27-13-4-1-5-14-27)34-29-20-22-33(23-21-29,28-15-6-2-7-16-28)35-24-10-3-11-25-35/h1-2,4-9,12-17,29H,3,10-11,18-25H2,(H,34,36). The van der Waals surface area contributed by atoms with E-state index in [1.807, 2.05) is 36.4 Å². The van der Waals surface area contributed by atoms with E-state index in [2.05, 4.69) is 40.5 Å². The zero-order valence-corrected chi connectivity index (χ0v) is 22.1. The number of ether oxygens (including phenoxy) is 1. The minimum Gasteiger partial charge on any atom is -0.423 e. The molecule has 1 aliphatic carbocycles. The molecular formula is C33H38N2O3. The lowest BCUT2D eigenvalue weighted by molar-refractivity contribution is -0.122. The van der Waals surface area contributed by atoms with Crippen LogP contribution in [0.4, 0.5) is 0 Å². The first-order valence-corrected chi connectivity index (χ1v) is 14.1. The molecule has 2 fully saturated rings. The topological polar surface area (TPSA) is 58.6 Å². The van der Waals surface area contributed by atoms with Crippen LogP contribution in [-0.2, 0) is 16.8 Å². The molecule has 1 N–H and O–H groups in total. The molecule has 1 amide bonds. The minimum absolute atomic E-state index is 0.0596. The van der Waals surface area contributed by atoms with Crippen LogP contribution < -0.4 is 10.1 Å². The Morgan fingerprint density at radius 3 is 2.16 bits per heavy atom. The number of benzene rings is 3. The van der Waals surface area contributed by atoms with Crippen LogP contribution in [0, 0.1) is 0 Å². The van der Waals surface area contributed by atoms with E-state index in [0.29, 0.717) is 24.2 Å². The Bertz CT molecular complexity index is 1200. The van der Waals surface area contributed by atoms with Gasteiger partial charge in [0.15, 0.2) is 0 Å². The molecule has 198 valence electrons. The van der Waals surface area contributed by atoms with E-state index >= 15 is 0 Å². The Morgan fingerprint density at radius 2 is 1.45 bits per heavy atom. The third-order valence-electron chi connectivity index (χ3n) is 8.26. The first kappa shape index (κ1) is 26.2. The van der Waals surface area contributed by atoms with Crippen LogP contribution in [-0.4, -0.2) is 35.9 Å². The van der Waals surface area contributed by atoms with Crippen LogP contribution in [0.25, 0.3) is 0 Å². The van der Waals surface area contributed by atoms with Gasteiger partial charge in [-0.25, -0.2) is 4.79 Å². The van der Waals surface area contributed by atoms with Gasteiger partial charge in [-0.1, -0.05) is 73.2 Å². The van der Waals surface area contributed by atoms with E-state index in [4.69, 9.17) is 4.74 Å². The predicted octanol–water partition coefficient (Wildman–Crippen LogP) is 6.28. The molecule has 5 heteroatoms. The monoisotopic (exact) mass is 510 g/mol. The van der Waals surface area contributed by atoms with Gasteiger partial charge in [-0.2, -0.15) is 0 Å². The first-order valence-electron chi connectivity index (χ1n) is 14.1. The number of para-hydroxylation sites is 1. The van der Waals surface area contributed by atoms with Crippen molar-refractivity contribution in [2.24, 2.45) is 0 Å². The van der Waals surface area contributed by atoms with E-state index < -0.39 is 0 Å². The van der Waals surface area contributed by atoms with E-state index in [0.717, 1.165) is 31.2 Å². The van der Waals surface area contributed by atoms with E-state index in [1.54, 1.807) is 18.2 Å². The van der Waals surface area contributed by atoms with Crippen molar-refractivity contribution in [2.75, 3.05) is 13.1 Å². The molecule has 0 unspecified atom stereocenters. The molecule has 2 aliphatic rings. The van der Waals surface area contributed by atoms with Crippen LogP contribution in [0.2, 0.25) is 0 Å². The number of hydrogen-bond acceptors (Lipinski definition) is 4. The van der Waals surface area contributed by atoms with Gasteiger partial charge in [0.25, 0.3) is 0 Å². The third kappa shape index (κ3) is 6.16. The van der Waals surface area contributed by atoms with Gasteiger partial charge >= 0.3 is 5.97 Å². The van der Waals surface area contributed by atoms with Gasteiger partial charge in [-0.3, -0.25) is 9.69 Å². The van der Waals surface area contributed by atoms with Gasteiger partial charge in [0.05, 0.1) is 5.56 Å². The minimum atomic E-state index is -0.389. The van der Waals surface area contributed by atoms with Gasteiger partial charge in [0, 0.05) is 18.0 Å². The number of hydrogen-bond donors (Lipinski definition) is 1. The molecule has 0 aromatic heterocycles. The Hall–Kier alpha value is -3.44.